The second kappa shape index (κ2) is 2.54. The first-order valence-corrected chi connectivity index (χ1v) is 5.98. The van der Waals surface area contributed by atoms with Crippen LogP contribution in [0.2, 0.25) is 0 Å². The van der Waals surface area contributed by atoms with E-state index in [2.05, 4.69) is 0 Å². The Bertz CT molecular complexity index is 543. The molecular weight excluding hydrogens is 218 g/mol. The van der Waals surface area contributed by atoms with Gasteiger partial charge in [0.1, 0.15) is 0 Å². The van der Waals surface area contributed by atoms with Crippen LogP contribution in [0.25, 0.3) is 0 Å². The Morgan fingerprint density at radius 2 is 2.18 bits per heavy atom. The van der Waals surface area contributed by atoms with Crippen LogP contribution < -0.4 is 10.2 Å². The van der Waals surface area contributed by atoms with Gasteiger partial charge in [-0.3, -0.25) is 4.79 Å². The molecule has 1 saturated carbocycles. The molecule has 3 aliphatic rings. The molecule has 1 saturated heterocycles. The van der Waals surface area contributed by atoms with Crippen molar-refractivity contribution in [1.29, 1.82) is 0 Å². The number of carbonyl (C=O) groups excluding carboxylic acids is 1. The smallest absolute Gasteiger partial charge is 0.339 e. The lowest BCUT2D eigenvalue weighted by atomic mass is 9.97. The van der Waals surface area contributed by atoms with Crippen molar-refractivity contribution >= 4 is 11.6 Å². The highest BCUT2D eigenvalue weighted by Gasteiger charge is 2.93. The molecule has 0 bridgehead atoms. The minimum Gasteiger partial charge on any atom is -0.531 e. The van der Waals surface area contributed by atoms with E-state index in [9.17, 15) is 10.1 Å². The Kier molecular flexibility index (Phi) is 1.44. The third-order valence-electron chi connectivity index (χ3n) is 4.51. The van der Waals surface area contributed by atoms with Gasteiger partial charge in [0.2, 0.25) is 5.91 Å². The molecule has 17 heavy (non-hydrogen) atoms. The summed E-state index contributed by atoms with van der Waals surface area (Å²) >= 11 is 0. The van der Waals surface area contributed by atoms with Crippen LogP contribution in [0.15, 0.2) is 24.3 Å². The summed E-state index contributed by atoms with van der Waals surface area (Å²) in [5, 5.41) is 12.1. The minimum atomic E-state index is -0.664. The van der Waals surface area contributed by atoms with Crippen molar-refractivity contribution in [2.75, 3.05) is 4.90 Å². The average molecular weight is 231 g/mol. The number of amides is 1. The number of hydrogen-bond donors (Lipinski definition) is 0. The Morgan fingerprint density at radius 1 is 1.41 bits per heavy atom. The molecule has 1 amide bonds. The number of epoxide rings is 1. The van der Waals surface area contributed by atoms with Gasteiger partial charge in [0.15, 0.2) is 0 Å². The van der Waals surface area contributed by atoms with Crippen molar-refractivity contribution in [2.24, 2.45) is 0 Å². The van der Waals surface area contributed by atoms with E-state index >= 15 is 0 Å². The molecule has 4 nitrogen and oxygen atoms in total. The van der Waals surface area contributed by atoms with Crippen molar-refractivity contribution in [3.8, 4) is 0 Å². The van der Waals surface area contributed by atoms with Gasteiger partial charge in [0.05, 0.1) is 17.7 Å². The van der Waals surface area contributed by atoms with E-state index in [-0.39, 0.29) is 5.91 Å². The van der Waals surface area contributed by atoms with E-state index in [0.29, 0.717) is 0 Å². The number of para-hydroxylation sites is 1. The highest BCUT2D eigenvalue weighted by Crippen LogP contribution is 2.76. The molecule has 0 aromatic heterocycles. The maximum absolute atomic E-state index is 12.1. The zero-order valence-corrected chi connectivity index (χ0v) is 9.60. The van der Waals surface area contributed by atoms with Crippen LogP contribution >= 0.6 is 0 Å². The summed E-state index contributed by atoms with van der Waals surface area (Å²) in [5.74, 6) is -0.0490. The van der Waals surface area contributed by atoms with Crippen molar-refractivity contribution in [3.63, 3.8) is 0 Å². The first-order chi connectivity index (χ1) is 8.16. The monoisotopic (exact) mass is 231 g/mol. The first-order valence-electron chi connectivity index (χ1n) is 5.98. The number of rotatable bonds is 0. The molecule has 88 valence electrons. The lowest BCUT2D eigenvalue weighted by Gasteiger charge is -2.26. The lowest BCUT2D eigenvalue weighted by molar-refractivity contribution is -0.762. The molecule has 0 spiro atoms. The minimum absolute atomic E-state index is 0.0490. The van der Waals surface area contributed by atoms with Gasteiger partial charge < -0.3 is 9.78 Å². The Morgan fingerprint density at radius 3 is 2.94 bits per heavy atom. The summed E-state index contributed by atoms with van der Waals surface area (Å²) in [5.41, 5.74) is 0.754. The number of hydrogen-bond acceptors (Lipinski definition) is 2. The SMILES string of the molecule is CC(=O)N1c2ccccc2C23CCCC12[O+]3[O-]. The second-order valence-electron chi connectivity index (χ2n) is 5.11. The van der Waals surface area contributed by atoms with Gasteiger partial charge in [-0.2, -0.15) is 0 Å². The molecule has 2 aliphatic heterocycles. The van der Waals surface area contributed by atoms with Crippen LogP contribution in [-0.4, -0.2) is 11.6 Å². The predicted octanol–water partition coefficient (Wildman–Crippen LogP) is 0.970. The zero-order chi connectivity index (χ0) is 11.8. The Hall–Kier alpha value is -1.39. The highest BCUT2D eigenvalue weighted by molar-refractivity contribution is 5.98. The lowest BCUT2D eigenvalue weighted by Crippen LogP contribution is -2.43. The molecule has 1 aromatic rings. The molecule has 2 fully saturated rings. The molecular formula is C13H13NO3. The predicted molar refractivity (Wildman–Crippen MR) is 58.9 cm³/mol. The third kappa shape index (κ3) is 0.725. The molecule has 4 rings (SSSR count). The van der Waals surface area contributed by atoms with Gasteiger partial charge in [-0.1, -0.05) is 12.1 Å². The van der Waals surface area contributed by atoms with E-state index in [0.717, 1.165) is 30.5 Å². The number of fused-ring (bicyclic) bond motifs is 1. The first kappa shape index (κ1) is 9.62. The molecule has 0 radical (unpaired) electrons. The van der Waals surface area contributed by atoms with Crippen LogP contribution in [0.5, 0.6) is 0 Å². The van der Waals surface area contributed by atoms with Gasteiger partial charge >= 0.3 is 5.72 Å². The Balaban J connectivity index is 2.02. The van der Waals surface area contributed by atoms with Crippen LogP contribution in [0, 0.1) is 0 Å². The number of benzene rings is 1. The molecule has 1 aromatic carbocycles. The normalized spacial score (nSPS) is 37.6. The zero-order valence-electron chi connectivity index (χ0n) is 9.60. The molecule has 0 N–H and O–H groups in total. The Labute approximate surface area is 99.0 Å². The third-order valence-corrected chi connectivity index (χ3v) is 4.51. The molecule has 1 aliphatic carbocycles. The van der Waals surface area contributed by atoms with Gasteiger partial charge in [0.25, 0.3) is 5.60 Å². The van der Waals surface area contributed by atoms with Gasteiger partial charge in [0, 0.05) is 13.3 Å². The van der Waals surface area contributed by atoms with Crippen LogP contribution in [0.4, 0.5) is 5.69 Å². The summed E-state index contributed by atoms with van der Waals surface area (Å²) in [7, 11) is 0. The van der Waals surface area contributed by atoms with Crippen LogP contribution in [-0.2, 0) is 14.9 Å². The summed E-state index contributed by atoms with van der Waals surface area (Å²) in [6, 6.07) is 7.77. The summed E-state index contributed by atoms with van der Waals surface area (Å²) in [4.78, 5) is 13.6. The van der Waals surface area contributed by atoms with Gasteiger partial charge in [-0.05, 0) is 18.6 Å². The van der Waals surface area contributed by atoms with Gasteiger partial charge in [-0.25, -0.2) is 4.90 Å². The van der Waals surface area contributed by atoms with Gasteiger partial charge in [-0.15, -0.1) is 0 Å². The number of nitrogens with zero attached hydrogens (tertiary/aromatic N) is 1. The summed E-state index contributed by atoms with van der Waals surface area (Å²) < 4.78 is 2.02. The van der Waals surface area contributed by atoms with Crippen molar-refractivity contribution < 1.29 is 14.6 Å². The maximum Gasteiger partial charge on any atom is 0.339 e. The summed E-state index contributed by atoms with van der Waals surface area (Å²) in [6.07, 6.45) is 2.60. The average Bonchev–Trinajstić information content (AvgIpc) is 2.63. The molecule has 2 unspecified atom stereocenters. The summed E-state index contributed by atoms with van der Waals surface area (Å²) in [6.45, 7) is 1.53. The fourth-order valence-electron chi connectivity index (χ4n) is 3.99. The number of anilines is 1. The van der Waals surface area contributed by atoms with E-state index in [1.54, 1.807) is 4.90 Å². The largest absolute Gasteiger partial charge is 0.531 e. The fraction of sp³-hybridized carbons (Fsp3) is 0.462. The van der Waals surface area contributed by atoms with Crippen molar-refractivity contribution in [2.45, 2.75) is 37.5 Å². The highest BCUT2D eigenvalue weighted by atomic mass is 17.3. The molecule has 2 atom stereocenters. The maximum atomic E-state index is 12.1. The van der Waals surface area contributed by atoms with E-state index < -0.39 is 11.3 Å². The standard InChI is InChI=1S/C13H13NO3/c1-9(15)14-11-6-3-2-5-10(11)12-7-4-8-13(12,14)17(12)16/h2-3,5-6H,4,7-8H2,1H3. The van der Waals surface area contributed by atoms with Crippen molar-refractivity contribution in [1.82, 2.24) is 0 Å². The topological polar surface area (TPSA) is 46.1 Å². The molecule has 2 heterocycles. The van der Waals surface area contributed by atoms with Crippen molar-refractivity contribution in [3.05, 3.63) is 29.8 Å². The van der Waals surface area contributed by atoms with E-state index in [1.165, 1.54) is 6.92 Å². The second-order valence-corrected chi connectivity index (χ2v) is 5.11. The number of carbonyl (C=O) groups is 1. The fourth-order valence-corrected chi connectivity index (χ4v) is 3.99. The molecule has 4 heteroatoms. The quantitative estimate of drug-likeness (QED) is 0.379. The van der Waals surface area contributed by atoms with E-state index in [4.69, 9.17) is 0 Å². The van der Waals surface area contributed by atoms with E-state index in [1.807, 2.05) is 28.8 Å². The van der Waals surface area contributed by atoms with Crippen LogP contribution in [0.1, 0.15) is 31.7 Å². The van der Waals surface area contributed by atoms with Crippen LogP contribution in [0.3, 0.4) is 0 Å².